The fraction of sp³-hybridized carbons (Fsp3) is 0.200. The van der Waals surface area contributed by atoms with Crippen molar-refractivity contribution in [2.45, 2.75) is 19.9 Å². The molecule has 0 saturated carbocycles. The van der Waals surface area contributed by atoms with E-state index in [2.05, 4.69) is 21.2 Å². The van der Waals surface area contributed by atoms with Crippen molar-refractivity contribution in [3.8, 4) is 0 Å². The molecule has 106 valence electrons. The monoisotopic (exact) mass is 375 g/mol. The summed E-state index contributed by atoms with van der Waals surface area (Å²) in [6.07, 6.45) is 0. The van der Waals surface area contributed by atoms with E-state index in [9.17, 15) is 4.39 Å². The molecule has 1 atom stereocenters. The van der Waals surface area contributed by atoms with E-state index in [0.717, 1.165) is 16.8 Å². The van der Waals surface area contributed by atoms with Crippen LogP contribution in [-0.2, 0) is 0 Å². The minimum atomic E-state index is -0.303. The second-order valence-electron chi connectivity index (χ2n) is 4.59. The van der Waals surface area contributed by atoms with Crippen LogP contribution in [0.1, 0.15) is 24.1 Å². The van der Waals surface area contributed by atoms with Crippen LogP contribution in [0, 0.1) is 12.7 Å². The molecule has 0 aliphatic heterocycles. The zero-order valence-corrected chi connectivity index (χ0v) is 14.1. The summed E-state index contributed by atoms with van der Waals surface area (Å²) in [6.45, 7) is 3.87. The van der Waals surface area contributed by atoms with Crippen LogP contribution in [0.5, 0.6) is 0 Å². The number of halogens is 4. The Morgan fingerprint density at radius 1 is 1.25 bits per heavy atom. The summed E-state index contributed by atoms with van der Waals surface area (Å²) in [5, 5.41) is 4.29. The van der Waals surface area contributed by atoms with E-state index in [4.69, 9.17) is 23.2 Å². The Bertz CT molecular complexity index is 646. The molecule has 1 N–H and O–H groups in total. The van der Waals surface area contributed by atoms with Crippen LogP contribution < -0.4 is 5.32 Å². The Labute approximate surface area is 136 Å². The number of hydrogen-bond donors (Lipinski definition) is 1. The van der Waals surface area contributed by atoms with Crippen LogP contribution in [0.4, 0.5) is 10.1 Å². The number of rotatable bonds is 3. The van der Waals surface area contributed by atoms with Crippen molar-refractivity contribution in [3.05, 3.63) is 61.8 Å². The van der Waals surface area contributed by atoms with Crippen LogP contribution in [0.2, 0.25) is 10.0 Å². The molecule has 0 aliphatic carbocycles. The third-order valence-electron chi connectivity index (χ3n) is 3.09. The topological polar surface area (TPSA) is 12.0 Å². The van der Waals surface area contributed by atoms with E-state index >= 15 is 0 Å². The first kappa shape index (κ1) is 15.6. The largest absolute Gasteiger partial charge is 0.378 e. The number of benzene rings is 2. The van der Waals surface area contributed by atoms with E-state index in [1.165, 1.54) is 6.07 Å². The van der Waals surface area contributed by atoms with Crippen LogP contribution in [0.25, 0.3) is 0 Å². The smallest absolute Gasteiger partial charge is 0.139 e. The molecule has 0 radical (unpaired) electrons. The van der Waals surface area contributed by atoms with Crippen LogP contribution in [-0.4, -0.2) is 0 Å². The quantitative estimate of drug-likeness (QED) is 0.655. The Balaban J connectivity index is 2.30. The minimum Gasteiger partial charge on any atom is -0.378 e. The van der Waals surface area contributed by atoms with Gasteiger partial charge in [-0.3, -0.25) is 0 Å². The van der Waals surface area contributed by atoms with E-state index in [1.807, 2.05) is 26.0 Å². The normalized spacial score (nSPS) is 12.3. The second-order valence-corrected chi connectivity index (χ2v) is 6.23. The van der Waals surface area contributed by atoms with Crippen molar-refractivity contribution in [1.29, 1.82) is 0 Å². The van der Waals surface area contributed by atoms with Gasteiger partial charge in [-0.05, 0) is 59.1 Å². The summed E-state index contributed by atoms with van der Waals surface area (Å²) < 4.78 is 14.1. The highest BCUT2D eigenvalue weighted by molar-refractivity contribution is 9.10. The zero-order valence-electron chi connectivity index (χ0n) is 11.0. The maximum Gasteiger partial charge on any atom is 0.139 e. The molecule has 2 aromatic rings. The van der Waals surface area contributed by atoms with Gasteiger partial charge in [-0.1, -0.05) is 35.3 Å². The number of hydrogen-bond acceptors (Lipinski definition) is 1. The van der Waals surface area contributed by atoms with Crippen molar-refractivity contribution in [2.75, 3.05) is 5.32 Å². The SMILES string of the molecule is Cc1cc(Br)c(F)cc1NC(C)c1cccc(Cl)c1Cl. The summed E-state index contributed by atoms with van der Waals surface area (Å²) in [5.41, 5.74) is 2.56. The highest BCUT2D eigenvalue weighted by Crippen LogP contribution is 2.33. The first-order chi connectivity index (χ1) is 9.40. The Morgan fingerprint density at radius 2 is 1.95 bits per heavy atom. The van der Waals surface area contributed by atoms with Crippen molar-refractivity contribution >= 4 is 44.8 Å². The van der Waals surface area contributed by atoms with E-state index < -0.39 is 0 Å². The zero-order chi connectivity index (χ0) is 14.9. The van der Waals surface area contributed by atoms with Crippen molar-refractivity contribution in [1.82, 2.24) is 0 Å². The average Bonchev–Trinajstić information content (AvgIpc) is 2.39. The van der Waals surface area contributed by atoms with E-state index in [1.54, 1.807) is 12.1 Å². The standard InChI is InChI=1S/C15H13BrCl2FN/c1-8-6-11(16)13(19)7-14(8)20-9(2)10-4-3-5-12(17)15(10)18/h3-7,9,20H,1-2H3. The van der Waals surface area contributed by atoms with Gasteiger partial charge in [-0.2, -0.15) is 0 Å². The molecule has 0 spiro atoms. The van der Waals surface area contributed by atoms with Gasteiger partial charge in [-0.15, -0.1) is 0 Å². The summed E-state index contributed by atoms with van der Waals surface area (Å²) >= 11 is 15.4. The van der Waals surface area contributed by atoms with Gasteiger partial charge in [0.15, 0.2) is 0 Å². The molecule has 2 aromatic carbocycles. The van der Waals surface area contributed by atoms with Gasteiger partial charge < -0.3 is 5.32 Å². The lowest BCUT2D eigenvalue weighted by molar-refractivity contribution is 0.620. The van der Waals surface area contributed by atoms with Gasteiger partial charge >= 0.3 is 0 Å². The summed E-state index contributed by atoms with van der Waals surface area (Å²) in [5.74, 6) is -0.303. The maximum atomic E-state index is 13.6. The van der Waals surface area contributed by atoms with Gasteiger partial charge in [-0.25, -0.2) is 4.39 Å². The van der Waals surface area contributed by atoms with Gasteiger partial charge in [0, 0.05) is 5.69 Å². The van der Waals surface area contributed by atoms with E-state index in [-0.39, 0.29) is 11.9 Å². The van der Waals surface area contributed by atoms with E-state index in [0.29, 0.717) is 14.5 Å². The molecule has 0 aliphatic rings. The molecular weight excluding hydrogens is 364 g/mol. The highest BCUT2D eigenvalue weighted by atomic mass is 79.9. The summed E-state index contributed by atoms with van der Waals surface area (Å²) in [7, 11) is 0. The molecule has 2 rings (SSSR count). The molecule has 0 aromatic heterocycles. The fourth-order valence-electron chi connectivity index (χ4n) is 1.97. The molecule has 20 heavy (non-hydrogen) atoms. The molecule has 1 unspecified atom stereocenters. The van der Waals surface area contributed by atoms with Crippen LogP contribution >= 0.6 is 39.1 Å². The van der Waals surface area contributed by atoms with Crippen molar-refractivity contribution < 1.29 is 4.39 Å². The number of anilines is 1. The summed E-state index contributed by atoms with van der Waals surface area (Å²) in [4.78, 5) is 0. The lowest BCUT2D eigenvalue weighted by Gasteiger charge is -2.19. The molecule has 5 heteroatoms. The molecule has 0 bridgehead atoms. The lowest BCUT2D eigenvalue weighted by Crippen LogP contribution is -2.08. The Kier molecular flexibility index (Phi) is 4.95. The third-order valence-corrected chi connectivity index (χ3v) is 4.53. The molecule has 0 amide bonds. The number of nitrogens with one attached hydrogen (secondary N) is 1. The molecule has 0 heterocycles. The minimum absolute atomic E-state index is 0.0829. The Morgan fingerprint density at radius 3 is 2.65 bits per heavy atom. The van der Waals surface area contributed by atoms with Crippen molar-refractivity contribution in [3.63, 3.8) is 0 Å². The average molecular weight is 377 g/mol. The second kappa shape index (κ2) is 6.33. The van der Waals surface area contributed by atoms with Crippen molar-refractivity contribution in [2.24, 2.45) is 0 Å². The molecule has 0 fully saturated rings. The van der Waals surface area contributed by atoms with Gasteiger partial charge in [0.05, 0.1) is 20.6 Å². The molecule has 1 nitrogen and oxygen atoms in total. The third kappa shape index (κ3) is 3.27. The summed E-state index contributed by atoms with van der Waals surface area (Å²) in [6, 6.07) is 8.61. The number of aryl methyl sites for hydroxylation is 1. The van der Waals surface area contributed by atoms with Gasteiger partial charge in [0.2, 0.25) is 0 Å². The highest BCUT2D eigenvalue weighted by Gasteiger charge is 2.13. The van der Waals surface area contributed by atoms with Gasteiger partial charge in [0.1, 0.15) is 5.82 Å². The van der Waals surface area contributed by atoms with Crippen LogP contribution in [0.15, 0.2) is 34.8 Å². The predicted octanol–water partition coefficient (Wildman–Crippen LogP) is 6.38. The molecular formula is C15H13BrCl2FN. The predicted molar refractivity (Wildman–Crippen MR) is 87.3 cm³/mol. The lowest BCUT2D eigenvalue weighted by atomic mass is 10.1. The first-order valence-corrected chi connectivity index (χ1v) is 7.61. The first-order valence-electron chi connectivity index (χ1n) is 6.06. The Hall–Kier alpha value is -0.770. The van der Waals surface area contributed by atoms with Crippen LogP contribution in [0.3, 0.4) is 0 Å². The van der Waals surface area contributed by atoms with Gasteiger partial charge in [0.25, 0.3) is 0 Å². The molecule has 0 saturated heterocycles. The fourth-order valence-corrected chi connectivity index (χ4v) is 2.90. The maximum absolute atomic E-state index is 13.6.